The molecule has 2 heterocycles. The summed E-state index contributed by atoms with van der Waals surface area (Å²) in [5.41, 5.74) is 0. The smallest absolute Gasteiger partial charge is 0.0328 e. The van der Waals surface area contributed by atoms with Crippen LogP contribution in [0, 0.1) is 5.92 Å². The van der Waals surface area contributed by atoms with Crippen LogP contribution in [-0.4, -0.2) is 30.6 Å². The summed E-state index contributed by atoms with van der Waals surface area (Å²) in [7, 11) is 0. The first kappa shape index (κ1) is 15.0. The average Bonchev–Trinajstić information content (AvgIpc) is 2.85. The van der Waals surface area contributed by atoms with Crippen molar-refractivity contribution in [2.45, 2.75) is 52.6 Å². The minimum absolute atomic E-state index is 0.728. The molecule has 1 aromatic heterocycles. The second kappa shape index (κ2) is 7.41. The molecule has 1 saturated heterocycles. The second-order valence-electron chi connectivity index (χ2n) is 5.78. The van der Waals surface area contributed by atoms with Crippen molar-refractivity contribution in [3.63, 3.8) is 0 Å². The van der Waals surface area contributed by atoms with Crippen molar-refractivity contribution in [2.75, 3.05) is 19.6 Å². The second-order valence-corrected chi connectivity index (χ2v) is 7.04. The molecule has 0 aliphatic carbocycles. The molecule has 108 valence electrons. The summed E-state index contributed by atoms with van der Waals surface area (Å²) in [6, 6.07) is 5.33. The van der Waals surface area contributed by atoms with Gasteiger partial charge in [-0.25, -0.2) is 0 Å². The van der Waals surface area contributed by atoms with Crippen molar-refractivity contribution in [1.82, 2.24) is 10.2 Å². The molecule has 2 unspecified atom stereocenters. The molecular weight excluding hydrogens is 252 g/mol. The van der Waals surface area contributed by atoms with Gasteiger partial charge in [-0.3, -0.25) is 4.90 Å². The maximum Gasteiger partial charge on any atom is 0.0328 e. The van der Waals surface area contributed by atoms with Crippen molar-refractivity contribution < 1.29 is 0 Å². The lowest BCUT2D eigenvalue weighted by molar-refractivity contribution is 0.142. The predicted octanol–water partition coefficient (Wildman–Crippen LogP) is 3.52. The third kappa shape index (κ3) is 4.30. The van der Waals surface area contributed by atoms with E-state index in [1.807, 2.05) is 11.3 Å². The van der Waals surface area contributed by atoms with Crippen LogP contribution in [-0.2, 0) is 13.0 Å². The van der Waals surface area contributed by atoms with Crippen LogP contribution in [0.15, 0.2) is 12.1 Å². The standard InChI is InChI=1S/C16H28N2S/c1-4-9-17-16-8-10-18(11-13(16)3)12-15-7-6-14(5-2)19-15/h6-7,13,16-17H,4-5,8-12H2,1-3H3. The molecule has 2 atom stereocenters. The molecule has 0 aromatic carbocycles. The molecule has 2 nitrogen and oxygen atoms in total. The molecule has 1 aliphatic heterocycles. The molecule has 3 heteroatoms. The Hall–Kier alpha value is -0.380. The Morgan fingerprint density at radius 2 is 2.11 bits per heavy atom. The van der Waals surface area contributed by atoms with Crippen molar-refractivity contribution in [2.24, 2.45) is 5.92 Å². The van der Waals surface area contributed by atoms with E-state index in [-0.39, 0.29) is 0 Å². The number of rotatable bonds is 6. The highest BCUT2D eigenvalue weighted by Gasteiger charge is 2.25. The van der Waals surface area contributed by atoms with E-state index >= 15 is 0 Å². The number of nitrogens with zero attached hydrogens (tertiary/aromatic N) is 1. The number of nitrogens with one attached hydrogen (secondary N) is 1. The van der Waals surface area contributed by atoms with Crippen molar-refractivity contribution >= 4 is 11.3 Å². The predicted molar refractivity (Wildman–Crippen MR) is 84.8 cm³/mol. The Morgan fingerprint density at radius 1 is 1.32 bits per heavy atom. The zero-order chi connectivity index (χ0) is 13.7. The Kier molecular flexibility index (Phi) is 5.86. The van der Waals surface area contributed by atoms with Crippen LogP contribution in [0.2, 0.25) is 0 Å². The largest absolute Gasteiger partial charge is 0.314 e. The van der Waals surface area contributed by atoms with Gasteiger partial charge in [-0.15, -0.1) is 11.3 Å². The lowest BCUT2D eigenvalue weighted by Crippen LogP contribution is -2.48. The molecular formula is C16H28N2S. The van der Waals surface area contributed by atoms with Crippen LogP contribution >= 0.6 is 11.3 Å². The lowest BCUT2D eigenvalue weighted by atomic mass is 9.93. The van der Waals surface area contributed by atoms with E-state index in [2.05, 4.69) is 43.1 Å². The SMILES string of the molecule is CCCNC1CCN(Cc2ccc(CC)s2)CC1C. The van der Waals surface area contributed by atoms with E-state index in [0.717, 1.165) is 18.5 Å². The topological polar surface area (TPSA) is 15.3 Å². The van der Waals surface area contributed by atoms with Crippen LogP contribution < -0.4 is 5.32 Å². The van der Waals surface area contributed by atoms with Crippen LogP contribution in [0.25, 0.3) is 0 Å². The molecule has 0 radical (unpaired) electrons. The number of likely N-dealkylation sites (tertiary alicyclic amines) is 1. The van der Waals surface area contributed by atoms with Gasteiger partial charge in [0, 0.05) is 35.4 Å². The quantitative estimate of drug-likeness (QED) is 0.857. The minimum atomic E-state index is 0.728. The Labute approximate surface area is 122 Å². The Bertz CT molecular complexity index is 375. The highest BCUT2D eigenvalue weighted by molar-refractivity contribution is 7.11. The van der Waals surface area contributed by atoms with Gasteiger partial charge >= 0.3 is 0 Å². The number of thiophene rings is 1. The van der Waals surface area contributed by atoms with Crippen LogP contribution in [0.4, 0.5) is 0 Å². The first-order valence-corrected chi connectivity index (χ1v) is 8.57. The molecule has 1 aromatic rings. The summed E-state index contributed by atoms with van der Waals surface area (Å²) < 4.78 is 0. The zero-order valence-corrected chi connectivity index (χ0v) is 13.4. The van der Waals surface area contributed by atoms with Crippen LogP contribution in [0.3, 0.4) is 0 Å². The molecule has 1 fully saturated rings. The molecule has 1 N–H and O–H groups in total. The number of aryl methyl sites for hydroxylation is 1. The van der Waals surface area contributed by atoms with Gasteiger partial charge in [-0.05, 0) is 43.9 Å². The van der Waals surface area contributed by atoms with Gasteiger partial charge in [-0.2, -0.15) is 0 Å². The molecule has 2 rings (SSSR count). The van der Waals surface area contributed by atoms with Crippen molar-refractivity contribution in [3.05, 3.63) is 21.9 Å². The highest BCUT2D eigenvalue weighted by Crippen LogP contribution is 2.23. The maximum absolute atomic E-state index is 3.69. The first-order valence-electron chi connectivity index (χ1n) is 7.76. The van der Waals surface area contributed by atoms with Gasteiger partial charge in [0.05, 0.1) is 0 Å². The summed E-state index contributed by atoms with van der Waals surface area (Å²) in [6.07, 6.45) is 3.71. The van der Waals surface area contributed by atoms with Crippen molar-refractivity contribution in [3.8, 4) is 0 Å². The summed E-state index contributed by atoms with van der Waals surface area (Å²) in [5, 5.41) is 3.69. The van der Waals surface area contributed by atoms with E-state index < -0.39 is 0 Å². The molecule has 0 spiro atoms. The summed E-state index contributed by atoms with van der Waals surface area (Å²) in [5.74, 6) is 0.769. The van der Waals surface area contributed by atoms with E-state index in [0.29, 0.717) is 0 Å². The fourth-order valence-corrected chi connectivity index (χ4v) is 3.93. The Morgan fingerprint density at radius 3 is 2.74 bits per heavy atom. The highest BCUT2D eigenvalue weighted by atomic mass is 32.1. The number of piperidine rings is 1. The fraction of sp³-hybridized carbons (Fsp3) is 0.750. The first-order chi connectivity index (χ1) is 9.22. The molecule has 19 heavy (non-hydrogen) atoms. The molecule has 0 amide bonds. The fourth-order valence-electron chi connectivity index (χ4n) is 2.93. The maximum atomic E-state index is 3.69. The van der Waals surface area contributed by atoms with Gasteiger partial charge < -0.3 is 5.32 Å². The van der Waals surface area contributed by atoms with Gasteiger partial charge in [0.15, 0.2) is 0 Å². The average molecular weight is 280 g/mol. The van der Waals surface area contributed by atoms with Crippen molar-refractivity contribution in [1.29, 1.82) is 0 Å². The van der Waals surface area contributed by atoms with Gasteiger partial charge in [0.25, 0.3) is 0 Å². The summed E-state index contributed by atoms with van der Waals surface area (Å²) >= 11 is 1.99. The lowest BCUT2D eigenvalue weighted by Gasteiger charge is -2.37. The third-order valence-corrected chi connectivity index (χ3v) is 5.31. The summed E-state index contributed by atoms with van der Waals surface area (Å²) in [4.78, 5) is 5.67. The van der Waals surface area contributed by atoms with Gasteiger partial charge in [0.1, 0.15) is 0 Å². The summed E-state index contributed by atoms with van der Waals surface area (Å²) in [6.45, 7) is 11.7. The molecule has 1 aliphatic rings. The van der Waals surface area contributed by atoms with E-state index in [9.17, 15) is 0 Å². The van der Waals surface area contributed by atoms with E-state index in [1.54, 1.807) is 0 Å². The minimum Gasteiger partial charge on any atom is -0.314 e. The monoisotopic (exact) mass is 280 g/mol. The third-order valence-electron chi connectivity index (χ3n) is 4.09. The normalized spacial score (nSPS) is 24.8. The number of hydrogen-bond acceptors (Lipinski definition) is 3. The van der Waals surface area contributed by atoms with E-state index in [1.165, 1.54) is 48.7 Å². The molecule has 0 bridgehead atoms. The van der Waals surface area contributed by atoms with E-state index in [4.69, 9.17) is 0 Å². The molecule has 0 saturated carbocycles. The zero-order valence-electron chi connectivity index (χ0n) is 12.6. The van der Waals surface area contributed by atoms with Gasteiger partial charge in [-0.1, -0.05) is 20.8 Å². The Balaban J connectivity index is 1.81. The van der Waals surface area contributed by atoms with Crippen LogP contribution in [0.5, 0.6) is 0 Å². The number of hydrogen-bond donors (Lipinski definition) is 1. The van der Waals surface area contributed by atoms with Gasteiger partial charge in [0.2, 0.25) is 0 Å². The van der Waals surface area contributed by atoms with Crippen LogP contribution in [0.1, 0.15) is 43.4 Å².